The molecule has 0 atom stereocenters. The molecule has 0 aliphatic carbocycles. The number of nitrogens with zero attached hydrogens (tertiary/aromatic N) is 5. The average Bonchev–Trinajstić information content (AvgIpc) is 3.41. The van der Waals surface area contributed by atoms with Gasteiger partial charge in [-0.15, -0.1) is 10.2 Å². The molecule has 4 heterocycles. The molecule has 29 heavy (non-hydrogen) atoms. The Labute approximate surface area is 168 Å². The monoisotopic (exact) mass is 392 g/mol. The van der Waals surface area contributed by atoms with Gasteiger partial charge in [-0.25, -0.2) is 4.98 Å². The average molecular weight is 392 g/mol. The molecule has 8 heteroatoms. The molecule has 1 fully saturated rings. The van der Waals surface area contributed by atoms with Gasteiger partial charge in [0.2, 0.25) is 0 Å². The molecule has 3 aromatic rings. The van der Waals surface area contributed by atoms with E-state index in [0.717, 1.165) is 55.3 Å². The van der Waals surface area contributed by atoms with Gasteiger partial charge in [0, 0.05) is 37.7 Å². The second-order valence-electron chi connectivity index (χ2n) is 7.77. The van der Waals surface area contributed by atoms with Gasteiger partial charge in [-0.2, -0.15) is 0 Å². The number of benzene rings is 1. The second-order valence-corrected chi connectivity index (χ2v) is 7.77. The first kappa shape index (κ1) is 18.1. The number of oxazole rings is 1. The van der Waals surface area contributed by atoms with Crippen molar-refractivity contribution in [1.82, 2.24) is 30.0 Å². The number of amides is 1. The molecule has 1 saturated heterocycles. The van der Waals surface area contributed by atoms with Gasteiger partial charge in [0.1, 0.15) is 11.6 Å². The van der Waals surface area contributed by atoms with Crippen LogP contribution >= 0.6 is 0 Å². The number of piperidine rings is 1. The van der Waals surface area contributed by atoms with E-state index >= 15 is 0 Å². The van der Waals surface area contributed by atoms with Crippen LogP contribution in [0, 0.1) is 6.92 Å². The Bertz CT molecular complexity index is 1010. The Morgan fingerprint density at radius 1 is 1.14 bits per heavy atom. The van der Waals surface area contributed by atoms with E-state index in [1.165, 1.54) is 6.39 Å². The molecule has 2 aliphatic heterocycles. The summed E-state index contributed by atoms with van der Waals surface area (Å²) in [5.41, 5.74) is 2.42. The number of likely N-dealkylation sites (tertiary alicyclic amines) is 1. The summed E-state index contributed by atoms with van der Waals surface area (Å²) in [4.78, 5) is 19.2. The molecular formula is C21H24N6O2. The maximum atomic E-state index is 13.1. The van der Waals surface area contributed by atoms with Crippen molar-refractivity contribution >= 4 is 5.91 Å². The minimum absolute atomic E-state index is 0.0692. The maximum absolute atomic E-state index is 13.1. The molecule has 1 N–H and O–H groups in total. The smallest absolute Gasteiger partial charge is 0.276 e. The molecule has 0 bridgehead atoms. The summed E-state index contributed by atoms with van der Waals surface area (Å²) in [6.45, 7) is 6.04. The van der Waals surface area contributed by atoms with E-state index in [-0.39, 0.29) is 5.91 Å². The van der Waals surface area contributed by atoms with Crippen LogP contribution in [0.4, 0.5) is 0 Å². The molecule has 1 aromatic carbocycles. The van der Waals surface area contributed by atoms with Crippen LogP contribution < -0.4 is 5.32 Å². The number of rotatable bonds is 3. The van der Waals surface area contributed by atoms with Crippen LogP contribution in [-0.4, -0.2) is 50.2 Å². The van der Waals surface area contributed by atoms with E-state index in [1.807, 2.05) is 36.1 Å². The van der Waals surface area contributed by atoms with Gasteiger partial charge >= 0.3 is 0 Å². The van der Waals surface area contributed by atoms with Crippen molar-refractivity contribution in [2.75, 3.05) is 19.6 Å². The van der Waals surface area contributed by atoms with Gasteiger partial charge in [-0.1, -0.05) is 29.8 Å². The summed E-state index contributed by atoms with van der Waals surface area (Å²) in [7, 11) is 0. The number of nitrogens with one attached hydrogen (secondary N) is 1. The molecule has 150 valence electrons. The first-order valence-corrected chi connectivity index (χ1v) is 10.1. The second kappa shape index (κ2) is 7.44. The number of aromatic nitrogens is 4. The lowest BCUT2D eigenvalue weighted by Crippen LogP contribution is -2.39. The normalized spacial score (nSPS) is 17.3. The largest absolute Gasteiger partial charge is 0.443 e. The number of hydrogen-bond acceptors (Lipinski definition) is 6. The minimum atomic E-state index is -0.0692. The van der Waals surface area contributed by atoms with Crippen molar-refractivity contribution in [2.24, 2.45) is 0 Å². The van der Waals surface area contributed by atoms with Gasteiger partial charge in [0.25, 0.3) is 5.91 Å². The summed E-state index contributed by atoms with van der Waals surface area (Å²) in [6, 6.07) is 7.93. The highest BCUT2D eigenvalue weighted by atomic mass is 16.3. The van der Waals surface area contributed by atoms with Crippen LogP contribution in [0.25, 0.3) is 11.3 Å². The summed E-state index contributed by atoms with van der Waals surface area (Å²) in [5, 5.41) is 12.1. The Hall–Kier alpha value is -3.00. The fraction of sp³-hybridized carbons (Fsp3) is 0.429. The van der Waals surface area contributed by atoms with Crippen LogP contribution in [-0.2, 0) is 13.1 Å². The van der Waals surface area contributed by atoms with E-state index in [0.29, 0.717) is 30.5 Å². The van der Waals surface area contributed by atoms with Crippen LogP contribution in [0.15, 0.2) is 35.1 Å². The number of aryl methyl sites for hydroxylation is 1. The third kappa shape index (κ3) is 3.33. The van der Waals surface area contributed by atoms with Crippen LogP contribution in [0.5, 0.6) is 0 Å². The van der Waals surface area contributed by atoms with Crippen molar-refractivity contribution in [3.8, 4) is 11.3 Å². The minimum Gasteiger partial charge on any atom is -0.443 e. The molecule has 0 unspecified atom stereocenters. The van der Waals surface area contributed by atoms with Crippen molar-refractivity contribution in [3.05, 3.63) is 53.6 Å². The Kier molecular flexibility index (Phi) is 4.63. The lowest BCUT2D eigenvalue weighted by atomic mass is 9.95. The number of carbonyl (C=O) groups excluding carboxylic acids is 1. The van der Waals surface area contributed by atoms with Gasteiger partial charge in [-0.05, 0) is 19.8 Å². The molecular weight excluding hydrogens is 368 g/mol. The predicted molar refractivity (Wildman–Crippen MR) is 106 cm³/mol. The van der Waals surface area contributed by atoms with Crippen LogP contribution in [0.1, 0.15) is 46.5 Å². The first-order valence-electron chi connectivity index (χ1n) is 10.1. The molecule has 1 amide bonds. The van der Waals surface area contributed by atoms with Gasteiger partial charge in [0.05, 0.1) is 6.54 Å². The zero-order valence-electron chi connectivity index (χ0n) is 16.5. The predicted octanol–water partition coefficient (Wildman–Crippen LogP) is 2.36. The number of hydrogen-bond donors (Lipinski definition) is 1. The van der Waals surface area contributed by atoms with E-state index in [2.05, 4.69) is 25.1 Å². The van der Waals surface area contributed by atoms with E-state index < -0.39 is 0 Å². The van der Waals surface area contributed by atoms with Crippen molar-refractivity contribution in [1.29, 1.82) is 0 Å². The summed E-state index contributed by atoms with van der Waals surface area (Å²) < 4.78 is 7.80. The topological polar surface area (TPSA) is 89.1 Å². The number of fused-ring (bicyclic) bond motifs is 1. The highest BCUT2D eigenvalue weighted by molar-refractivity contribution is 5.97. The molecule has 5 rings (SSSR count). The SMILES string of the molecule is Cc1ccc(-c2ocnc2C(=O)N2CCC(c3nnc4n3CCNC4)CC2)cc1. The Morgan fingerprint density at radius 3 is 2.72 bits per heavy atom. The van der Waals surface area contributed by atoms with E-state index in [1.54, 1.807) is 0 Å². The lowest BCUT2D eigenvalue weighted by Gasteiger charge is -2.31. The van der Waals surface area contributed by atoms with Crippen molar-refractivity contribution in [2.45, 2.75) is 38.8 Å². The Balaban J connectivity index is 1.29. The zero-order valence-corrected chi connectivity index (χ0v) is 16.5. The van der Waals surface area contributed by atoms with E-state index in [9.17, 15) is 4.79 Å². The molecule has 2 aromatic heterocycles. The summed E-state index contributed by atoms with van der Waals surface area (Å²) in [6.07, 6.45) is 3.12. The third-order valence-electron chi connectivity index (χ3n) is 5.88. The van der Waals surface area contributed by atoms with Crippen LogP contribution in [0.2, 0.25) is 0 Å². The molecule has 0 radical (unpaired) electrons. The van der Waals surface area contributed by atoms with Gasteiger partial charge < -0.3 is 19.2 Å². The van der Waals surface area contributed by atoms with Gasteiger partial charge in [-0.3, -0.25) is 4.79 Å². The van der Waals surface area contributed by atoms with Gasteiger partial charge in [0.15, 0.2) is 17.8 Å². The Morgan fingerprint density at radius 2 is 1.93 bits per heavy atom. The highest BCUT2D eigenvalue weighted by Gasteiger charge is 2.31. The fourth-order valence-electron chi connectivity index (χ4n) is 4.22. The maximum Gasteiger partial charge on any atom is 0.276 e. The molecule has 8 nitrogen and oxygen atoms in total. The molecule has 0 saturated carbocycles. The van der Waals surface area contributed by atoms with Crippen molar-refractivity contribution in [3.63, 3.8) is 0 Å². The fourth-order valence-corrected chi connectivity index (χ4v) is 4.22. The highest BCUT2D eigenvalue weighted by Crippen LogP contribution is 2.30. The standard InChI is InChI=1S/C21H24N6O2/c1-14-2-4-15(5-3-14)19-18(23-13-29-19)21(28)26-9-6-16(7-10-26)20-25-24-17-12-22-8-11-27(17)20/h2-5,13,16,22H,6-12H2,1H3. The van der Waals surface area contributed by atoms with E-state index in [4.69, 9.17) is 4.42 Å². The zero-order chi connectivity index (χ0) is 19.8. The third-order valence-corrected chi connectivity index (χ3v) is 5.88. The lowest BCUT2D eigenvalue weighted by molar-refractivity contribution is 0.0705. The first-order chi connectivity index (χ1) is 14.2. The van der Waals surface area contributed by atoms with Crippen molar-refractivity contribution < 1.29 is 9.21 Å². The quantitative estimate of drug-likeness (QED) is 0.736. The molecule has 2 aliphatic rings. The molecule has 0 spiro atoms. The summed E-state index contributed by atoms with van der Waals surface area (Å²) in [5.74, 6) is 2.88. The number of carbonyl (C=O) groups is 1. The van der Waals surface area contributed by atoms with Crippen LogP contribution in [0.3, 0.4) is 0 Å². The summed E-state index contributed by atoms with van der Waals surface area (Å²) >= 11 is 0.